The van der Waals surface area contributed by atoms with Crippen LogP contribution in [0.25, 0.3) is 61.1 Å². The molecule has 1 aliphatic rings. The Hall–Kier alpha value is -5.80. The van der Waals surface area contributed by atoms with Crippen molar-refractivity contribution in [3.63, 3.8) is 0 Å². The molecule has 3 heterocycles. The molecule has 0 fully saturated rings. The second-order valence-corrected chi connectivity index (χ2v) is 14.3. The maximum Gasteiger partial charge on any atom is 0.0702 e. The van der Waals surface area contributed by atoms with E-state index in [-0.39, 0.29) is 10.8 Å². The van der Waals surface area contributed by atoms with E-state index in [1.807, 2.05) is 36.7 Å². The number of pyridine rings is 2. The Morgan fingerprint density at radius 3 is 1.45 bits per heavy atom. The number of benzene rings is 5. The molecule has 1 aliphatic carbocycles. The molecule has 49 heavy (non-hydrogen) atoms. The van der Waals surface area contributed by atoms with Gasteiger partial charge in [-0.3, -0.25) is 9.97 Å². The maximum absolute atomic E-state index is 4.69. The van der Waals surface area contributed by atoms with E-state index >= 15 is 0 Å². The largest absolute Gasteiger partial charge is 0.309 e. The summed E-state index contributed by atoms with van der Waals surface area (Å²) in [5.41, 5.74) is 15.2. The van der Waals surface area contributed by atoms with Crippen LogP contribution in [0.1, 0.15) is 49.9 Å². The number of rotatable bonds is 4. The van der Waals surface area contributed by atoms with Gasteiger partial charge < -0.3 is 4.57 Å². The minimum absolute atomic E-state index is 0.192. The van der Waals surface area contributed by atoms with Crippen LogP contribution < -0.4 is 0 Å². The average molecular weight is 632 g/mol. The highest BCUT2D eigenvalue weighted by Crippen LogP contribution is 2.51. The Bertz CT molecular complexity index is 2430. The SMILES string of the molecule is CC1(C)c2ccc(-n3c4ccccc4c4ccccc43)cc2C(C)(C)c2ccc(-c3cc(-c4ccccn4)cc(-c4ccccn4)c3)cc21. The first-order chi connectivity index (χ1) is 23.8. The molecule has 0 amide bonds. The molecular formula is C46H37N3. The first kappa shape index (κ1) is 29.3. The molecule has 236 valence electrons. The summed E-state index contributed by atoms with van der Waals surface area (Å²) >= 11 is 0. The summed E-state index contributed by atoms with van der Waals surface area (Å²) < 4.78 is 2.43. The van der Waals surface area contributed by atoms with Crippen molar-refractivity contribution in [3.8, 4) is 39.3 Å². The lowest BCUT2D eigenvalue weighted by molar-refractivity contribution is 0.520. The van der Waals surface area contributed by atoms with Gasteiger partial charge in [0.15, 0.2) is 0 Å². The van der Waals surface area contributed by atoms with Crippen molar-refractivity contribution in [1.82, 2.24) is 14.5 Å². The second-order valence-electron chi connectivity index (χ2n) is 14.3. The van der Waals surface area contributed by atoms with Crippen molar-refractivity contribution in [1.29, 1.82) is 0 Å². The van der Waals surface area contributed by atoms with Crippen molar-refractivity contribution < 1.29 is 0 Å². The summed E-state index contributed by atoms with van der Waals surface area (Å²) in [6.45, 7) is 9.53. The van der Waals surface area contributed by atoms with E-state index < -0.39 is 0 Å². The molecule has 0 unspecified atom stereocenters. The number of hydrogen-bond acceptors (Lipinski definition) is 2. The highest BCUT2D eigenvalue weighted by Gasteiger charge is 2.42. The molecule has 0 radical (unpaired) electrons. The highest BCUT2D eigenvalue weighted by atomic mass is 15.0. The van der Waals surface area contributed by atoms with E-state index in [4.69, 9.17) is 9.97 Å². The summed E-state index contributed by atoms with van der Waals surface area (Å²) in [5, 5.41) is 2.57. The quantitative estimate of drug-likeness (QED) is 0.193. The third-order valence-electron chi connectivity index (χ3n) is 10.7. The Labute approximate surface area is 287 Å². The number of fused-ring (bicyclic) bond motifs is 5. The molecule has 0 spiro atoms. The van der Waals surface area contributed by atoms with Gasteiger partial charge in [0.25, 0.3) is 0 Å². The Morgan fingerprint density at radius 1 is 0.408 bits per heavy atom. The number of nitrogens with zero attached hydrogens (tertiary/aromatic N) is 3. The summed E-state index contributed by atoms with van der Waals surface area (Å²) in [5.74, 6) is 0. The van der Waals surface area contributed by atoms with Crippen LogP contribution in [0.15, 0.2) is 152 Å². The molecule has 8 aromatic rings. The predicted molar refractivity (Wildman–Crippen MR) is 203 cm³/mol. The third-order valence-corrected chi connectivity index (χ3v) is 10.7. The Kier molecular flexibility index (Phi) is 6.51. The van der Waals surface area contributed by atoms with Crippen LogP contribution in [0.3, 0.4) is 0 Å². The van der Waals surface area contributed by atoms with Crippen molar-refractivity contribution in [2.75, 3.05) is 0 Å². The Balaban J connectivity index is 1.20. The van der Waals surface area contributed by atoms with Gasteiger partial charge >= 0.3 is 0 Å². The van der Waals surface area contributed by atoms with Crippen LogP contribution in [0, 0.1) is 0 Å². The van der Waals surface area contributed by atoms with Crippen LogP contribution >= 0.6 is 0 Å². The summed E-state index contributed by atoms with van der Waals surface area (Å²) in [7, 11) is 0. The van der Waals surface area contributed by atoms with Gasteiger partial charge in [-0.25, -0.2) is 0 Å². The molecule has 0 bridgehead atoms. The van der Waals surface area contributed by atoms with E-state index in [1.54, 1.807) is 0 Å². The molecule has 0 N–H and O–H groups in total. The topological polar surface area (TPSA) is 30.7 Å². The fourth-order valence-corrected chi connectivity index (χ4v) is 8.17. The van der Waals surface area contributed by atoms with Crippen LogP contribution in [0.5, 0.6) is 0 Å². The average Bonchev–Trinajstić information content (AvgIpc) is 3.49. The molecule has 9 rings (SSSR count). The zero-order valence-corrected chi connectivity index (χ0v) is 28.3. The highest BCUT2D eigenvalue weighted by molar-refractivity contribution is 6.09. The summed E-state index contributed by atoms with van der Waals surface area (Å²) in [6.07, 6.45) is 3.71. The zero-order chi connectivity index (χ0) is 33.3. The molecule has 3 aromatic heterocycles. The van der Waals surface area contributed by atoms with Gasteiger partial charge in [-0.1, -0.05) is 94.4 Å². The zero-order valence-electron chi connectivity index (χ0n) is 28.3. The maximum atomic E-state index is 4.69. The van der Waals surface area contributed by atoms with Gasteiger partial charge in [-0.15, -0.1) is 0 Å². The molecular weight excluding hydrogens is 595 g/mol. The minimum atomic E-state index is -0.196. The molecule has 0 aliphatic heterocycles. The van der Waals surface area contributed by atoms with E-state index in [2.05, 4.69) is 148 Å². The van der Waals surface area contributed by atoms with Gasteiger partial charge in [-0.2, -0.15) is 0 Å². The molecule has 3 nitrogen and oxygen atoms in total. The molecule has 0 saturated carbocycles. The smallest absolute Gasteiger partial charge is 0.0702 e. The molecule has 0 atom stereocenters. The van der Waals surface area contributed by atoms with Gasteiger partial charge in [0, 0.05) is 50.8 Å². The van der Waals surface area contributed by atoms with Gasteiger partial charge in [0.05, 0.1) is 22.4 Å². The standard InChI is InChI=1S/C46H37N3/c1-45(2)38-22-20-34(49-43-17-7-5-13-35(43)36-14-6-8-18-44(36)49)29-40(38)46(3,4)37-21-19-30(28-39(37)45)31-25-32(41-15-9-11-23-47-41)27-33(26-31)42-16-10-12-24-48-42/h5-29H,1-4H3. The van der Waals surface area contributed by atoms with E-state index in [0.29, 0.717) is 0 Å². The van der Waals surface area contributed by atoms with Crippen molar-refractivity contribution >= 4 is 21.8 Å². The van der Waals surface area contributed by atoms with Gasteiger partial charge in [0.1, 0.15) is 0 Å². The minimum Gasteiger partial charge on any atom is -0.309 e. The van der Waals surface area contributed by atoms with Crippen LogP contribution in [0.4, 0.5) is 0 Å². The number of hydrogen-bond donors (Lipinski definition) is 0. The lowest BCUT2D eigenvalue weighted by Crippen LogP contribution is -2.36. The second kappa shape index (κ2) is 10.9. The predicted octanol–water partition coefficient (Wildman–Crippen LogP) is 11.5. The Morgan fingerprint density at radius 2 is 0.898 bits per heavy atom. The lowest BCUT2D eigenvalue weighted by atomic mass is 9.59. The van der Waals surface area contributed by atoms with Crippen LogP contribution in [-0.2, 0) is 10.8 Å². The third kappa shape index (κ3) is 4.57. The molecule has 5 aromatic carbocycles. The fraction of sp³-hybridized carbons (Fsp3) is 0.130. The normalized spacial score (nSPS) is 14.4. The number of aromatic nitrogens is 3. The first-order valence-corrected chi connectivity index (χ1v) is 17.1. The summed E-state index contributed by atoms with van der Waals surface area (Å²) in [4.78, 5) is 9.39. The van der Waals surface area contributed by atoms with E-state index in [9.17, 15) is 0 Å². The van der Waals surface area contributed by atoms with E-state index in [0.717, 1.165) is 28.1 Å². The lowest BCUT2D eigenvalue weighted by Gasteiger charge is -2.44. The number of para-hydroxylation sites is 2. The summed E-state index contributed by atoms with van der Waals surface area (Å²) in [6, 6.07) is 50.7. The monoisotopic (exact) mass is 631 g/mol. The fourth-order valence-electron chi connectivity index (χ4n) is 8.17. The van der Waals surface area contributed by atoms with Crippen molar-refractivity contribution in [2.24, 2.45) is 0 Å². The van der Waals surface area contributed by atoms with Crippen LogP contribution in [0.2, 0.25) is 0 Å². The molecule has 0 saturated heterocycles. The van der Waals surface area contributed by atoms with Gasteiger partial charge in [0.2, 0.25) is 0 Å². The first-order valence-electron chi connectivity index (χ1n) is 17.1. The van der Waals surface area contributed by atoms with Gasteiger partial charge in [-0.05, 0) is 106 Å². The van der Waals surface area contributed by atoms with E-state index in [1.165, 1.54) is 55.3 Å². The van der Waals surface area contributed by atoms with Crippen LogP contribution in [-0.4, -0.2) is 14.5 Å². The van der Waals surface area contributed by atoms with Crippen molar-refractivity contribution in [3.05, 3.63) is 174 Å². The van der Waals surface area contributed by atoms with Crippen molar-refractivity contribution in [2.45, 2.75) is 38.5 Å². The molecule has 3 heteroatoms.